The number of hydrogen-bond acceptors (Lipinski definition) is 15. The van der Waals surface area contributed by atoms with Gasteiger partial charge in [-0.05, 0) is 161 Å². The van der Waals surface area contributed by atoms with Gasteiger partial charge in [-0.3, -0.25) is 37.3 Å². The van der Waals surface area contributed by atoms with Crippen LogP contribution >= 0.6 is 15.6 Å². The first-order valence-corrected chi connectivity index (χ1v) is 41.7. The molecule has 5 unspecified atom stereocenters. The molecule has 0 spiro atoms. The van der Waals surface area contributed by atoms with Gasteiger partial charge in [0.2, 0.25) is 0 Å². The van der Waals surface area contributed by atoms with E-state index in [-0.39, 0.29) is 25.7 Å². The summed E-state index contributed by atoms with van der Waals surface area (Å²) in [6.45, 7) is 4.37. The Kier molecular flexibility index (Phi) is 70.1. The molecule has 0 aromatic carbocycles. The summed E-state index contributed by atoms with van der Waals surface area (Å²) in [5.41, 5.74) is 0. The first kappa shape index (κ1) is 96.7. The van der Waals surface area contributed by atoms with E-state index in [2.05, 4.69) is 186 Å². The molecule has 3 N–H and O–H groups in total. The molecule has 0 aliphatic heterocycles. The van der Waals surface area contributed by atoms with Crippen molar-refractivity contribution < 1.29 is 80.2 Å². The van der Waals surface area contributed by atoms with Crippen LogP contribution in [0.2, 0.25) is 0 Å². The van der Waals surface area contributed by atoms with Crippen LogP contribution < -0.4 is 0 Å². The Hall–Kier alpha value is -5.32. The average Bonchev–Trinajstić information content (AvgIpc) is 0.921. The Balaban J connectivity index is 5.42. The molecular weight excluding hydrogens is 1330 g/mol. The summed E-state index contributed by atoms with van der Waals surface area (Å²) in [7, 11) is -9.99. The van der Waals surface area contributed by atoms with Crippen molar-refractivity contribution in [3.8, 4) is 0 Å². The summed E-state index contributed by atoms with van der Waals surface area (Å²) in [5, 5.41) is 10.6. The highest BCUT2D eigenvalue weighted by molar-refractivity contribution is 7.47. The van der Waals surface area contributed by atoms with E-state index in [0.29, 0.717) is 25.7 Å². The molecule has 0 bridgehead atoms. The number of esters is 4. The zero-order valence-corrected chi connectivity index (χ0v) is 65.0. The lowest BCUT2D eigenvalue weighted by Gasteiger charge is -2.21. The SMILES string of the molecule is CC/C=C\C/C=C\C/C=C\C/C=C\CCCCCCCCC(=O)OCC(COP(=O)(O)OCC(O)COP(=O)(O)OCC(COC(=O)CCCC/C=C\C/C=C\C/C=C\C/C=C\CC)OC(=O)CCCCCCC/C=C\CCCC)OC(=O)CCCCCC/C=C\C/C=C\C/C=C\C/C=C\CC. The van der Waals surface area contributed by atoms with E-state index >= 15 is 0 Å². The summed E-state index contributed by atoms with van der Waals surface area (Å²) in [6, 6.07) is 0. The lowest BCUT2D eigenvalue weighted by molar-refractivity contribution is -0.161. The third kappa shape index (κ3) is 73.0. The lowest BCUT2D eigenvalue weighted by Crippen LogP contribution is -2.30. The van der Waals surface area contributed by atoms with Crippen molar-refractivity contribution >= 4 is 39.5 Å². The fraction of sp³-hybridized carbons (Fsp3) is 0.639. The molecule has 0 heterocycles. The second-order valence-corrected chi connectivity index (χ2v) is 28.1. The van der Waals surface area contributed by atoms with Gasteiger partial charge in [-0.2, -0.15) is 0 Å². The molecule has 0 saturated heterocycles. The van der Waals surface area contributed by atoms with E-state index in [0.717, 1.165) is 193 Å². The Morgan fingerprint density at radius 1 is 0.284 bits per heavy atom. The molecule has 0 aliphatic rings. The van der Waals surface area contributed by atoms with Gasteiger partial charge in [0.1, 0.15) is 19.3 Å². The molecule has 0 aromatic rings. The highest BCUT2D eigenvalue weighted by Crippen LogP contribution is 2.45. The predicted octanol–water partition coefficient (Wildman–Crippen LogP) is 22.4. The minimum absolute atomic E-state index is 0.0572. The first-order valence-electron chi connectivity index (χ1n) is 38.7. The van der Waals surface area contributed by atoms with Crippen molar-refractivity contribution in [2.75, 3.05) is 39.6 Å². The Labute approximate surface area is 617 Å². The molecule has 580 valence electrons. The fourth-order valence-electron chi connectivity index (χ4n) is 9.64. The highest BCUT2D eigenvalue weighted by atomic mass is 31.2. The second kappa shape index (κ2) is 74.0. The van der Waals surface area contributed by atoms with Crippen LogP contribution in [0.4, 0.5) is 0 Å². The van der Waals surface area contributed by atoms with Gasteiger partial charge in [0.25, 0.3) is 0 Å². The number of unbranched alkanes of at least 4 members (excludes halogenated alkanes) is 19. The highest BCUT2D eigenvalue weighted by Gasteiger charge is 2.30. The minimum Gasteiger partial charge on any atom is -0.462 e. The van der Waals surface area contributed by atoms with E-state index in [1.807, 2.05) is 0 Å². The Bertz CT molecular complexity index is 2550. The molecule has 0 amide bonds. The lowest BCUT2D eigenvalue weighted by atomic mass is 10.1. The number of phosphoric ester groups is 2. The molecule has 102 heavy (non-hydrogen) atoms. The number of allylic oxidation sites excluding steroid dienone is 26. The summed E-state index contributed by atoms with van der Waals surface area (Å²) in [6.07, 6.45) is 85.2. The molecule has 0 saturated carbocycles. The van der Waals surface area contributed by atoms with Gasteiger partial charge in [-0.15, -0.1) is 0 Å². The van der Waals surface area contributed by atoms with E-state index in [1.54, 1.807) is 0 Å². The minimum atomic E-state index is -5.00. The molecule has 5 atom stereocenters. The number of hydrogen-bond donors (Lipinski definition) is 3. The number of carbonyl (C=O) groups excluding carboxylic acids is 4. The zero-order valence-electron chi connectivity index (χ0n) is 63.2. The summed E-state index contributed by atoms with van der Waals surface area (Å²) in [5.74, 6) is -2.29. The quantitative estimate of drug-likeness (QED) is 0.0169. The van der Waals surface area contributed by atoms with E-state index in [1.165, 1.54) is 12.8 Å². The van der Waals surface area contributed by atoms with Crippen LogP contribution in [0.3, 0.4) is 0 Å². The smallest absolute Gasteiger partial charge is 0.462 e. The Morgan fingerprint density at radius 3 is 0.814 bits per heavy atom. The largest absolute Gasteiger partial charge is 0.472 e. The summed E-state index contributed by atoms with van der Waals surface area (Å²) >= 11 is 0. The second-order valence-electron chi connectivity index (χ2n) is 25.1. The van der Waals surface area contributed by atoms with Crippen LogP contribution in [0.5, 0.6) is 0 Å². The number of ether oxygens (including phenoxy) is 4. The average molecular weight is 1470 g/mol. The molecule has 19 heteroatoms. The van der Waals surface area contributed by atoms with E-state index in [9.17, 15) is 43.2 Å². The van der Waals surface area contributed by atoms with Crippen molar-refractivity contribution in [1.82, 2.24) is 0 Å². The molecule has 0 fully saturated rings. The number of phosphoric acid groups is 2. The van der Waals surface area contributed by atoms with Crippen molar-refractivity contribution in [1.29, 1.82) is 0 Å². The topological polar surface area (TPSA) is 237 Å². The number of carbonyl (C=O) groups is 4. The normalized spacial score (nSPS) is 14.8. The van der Waals surface area contributed by atoms with E-state index in [4.69, 9.17) is 37.0 Å². The van der Waals surface area contributed by atoms with E-state index < -0.39 is 97.5 Å². The van der Waals surface area contributed by atoms with Crippen LogP contribution in [0.15, 0.2) is 158 Å². The maximum absolute atomic E-state index is 13.1. The van der Waals surface area contributed by atoms with Crippen molar-refractivity contribution in [2.45, 2.75) is 303 Å². The summed E-state index contributed by atoms with van der Waals surface area (Å²) < 4.78 is 68.4. The standard InChI is InChI=1S/C83H136O17P2/c1-5-9-13-17-21-25-29-32-35-37-38-40-42-45-49-52-56-60-64-68-81(86)94-74-79(100-83(88)70-66-62-58-54-50-46-43-39-36-33-30-26-22-18-14-10-6-2)76-98-102(91,92)96-72-77(84)71-95-101(89,90)97-75-78(99-82(87)69-65-61-57-53-47-28-24-20-16-12-8-4)73-93-80(85)67-63-59-55-51-48-44-41-34-31-27-23-19-15-11-7-3/h9-11,13-15,20-27,32-36,38,40-41,43,46,48,51,77-79,84H,5-8,12,16-19,28-31,37,39,42,44-45,47,49-50,52-76H2,1-4H3,(H,89,90)(H,91,92)/b13-9-,14-10-,15-11-,24-20-,25-21-,26-22-,27-23-,35-32-,36-33-,40-38-,41-34-,46-43-,51-48-. The molecular formula is C83H136O17P2. The van der Waals surface area contributed by atoms with Gasteiger partial charge in [0, 0.05) is 25.7 Å². The number of aliphatic hydroxyl groups excluding tert-OH is 1. The third-order valence-electron chi connectivity index (χ3n) is 15.5. The van der Waals surface area contributed by atoms with Gasteiger partial charge in [-0.25, -0.2) is 9.13 Å². The van der Waals surface area contributed by atoms with Crippen LogP contribution in [-0.2, 0) is 65.4 Å². The maximum Gasteiger partial charge on any atom is 0.472 e. The molecule has 0 rings (SSSR count). The van der Waals surface area contributed by atoms with Gasteiger partial charge >= 0.3 is 39.5 Å². The number of aliphatic hydroxyl groups is 1. The van der Waals surface area contributed by atoms with Crippen LogP contribution in [0, 0.1) is 0 Å². The van der Waals surface area contributed by atoms with Crippen molar-refractivity contribution in [3.63, 3.8) is 0 Å². The van der Waals surface area contributed by atoms with Gasteiger partial charge < -0.3 is 33.8 Å². The first-order chi connectivity index (χ1) is 49.7. The predicted molar refractivity (Wildman–Crippen MR) is 417 cm³/mol. The van der Waals surface area contributed by atoms with Crippen LogP contribution in [-0.4, -0.2) is 96.7 Å². The third-order valence-corrected chi connectivity index (χ3v) is 17.4. The Morgan fingerprint density at radius 2 is 0.510 bits per heavy atom. The van der Waals surface area contributed by atoms with Crippen LogP contribution in [0.1, 0.15) is 285 Å². The zero-order chi connectivity index (χ0) is 74.6. The summed E-state index contributed by atoms with van der Waals surface area (Å²) in [4.78, 5) is 72.9. The van der Waals surface area contributed by atoms with Gasteiger partial charge in [0.05, 0.1) is 26.4 Å². The van der Waals surface area contributed by atoms with Crippen LogP contribution in [0.25, 0.3) is 0 Å². The van der Waals surface area contributed by atoms with Gasteiger partial charge in [-0.1, -0.05) is 256 Å². The molecule has 0 radical (unpaired) electrons. The molecule has 0 aromatic heterocycles. The monoisotopic (exact) mass is 1470 g/mol. The fourth-order valence-corrected chi connectivity index (χ4v) is 11.2. The van der Waals surface area contributed by atoms with Gasteiger partial charge in [0.15, 0.2) is 12.2 Å². The number of rotatable bonds is 71. The van der Waals surface area contributed by atoms with Crippen molar-refractivity contribution in [2.24, 2.45) is 0 Å². The molecule has 0 aliphatic carbocycles. The maximum atomic E-state index is 13.1. The molecule has 17 nitrogen and oxygen atoms in total. The van der Waals surface area contributed by atoms with Crippen molar-refractivity contribution in [3.05, 3.63) is 158 Å².